The van der Waals surface area contributed by atoms with Crippen LogP contribution in [0.25, 0.3) is 0 Å². The van der Waals surface area contributed by atoms with Gasteiger partial charge in [-0.1, -0.05) is 48.0 Å². The van der Waals surface area contributed by atoms with E-state index in [4.69, 9.17) is 0 Å². The summed E-state index contributed by atoms with van der Waals surface area (Å²) in [6, 6.07) is 0. The minimum Gasteiger partial charge on any atom is -0.299 e. The second-order valence-electron chi connectivity index (χ2n) is 5.76. The van der Waals surface area contributed by atoms with E-state index in [1.165, 1.54) is 0 Å². The molecule has 0 aliphatic carbocycles. The van der Waals surface area contributed by atoms with E-state index in [2.05, 4.69) is 20.8 Å². The third-order valence-corrected chi connectivity index (χ3v) is 2.40. The molecule has 0 saturated heterocycles. The maximum Gasteiger partial charge on any atom is 0.138 e. The molecular weight excluding hydrogens is 160 g/mol. The van der Waals surface area contributed by atoms with Gasteiger partial charge in [0, 0.05) is 11.8 Å². The molecule has 0 aromatic carbocycles. The molecule has 13 heavy (non-hydrogen) atoms. The van der Waals surface area contributed by atoms with Crippen LogP contribution in [-0.2, 0) is 4.79 Å². The Bertz CT molecular complexity index is 172. The van der Waals surface area contributed by atoms with Gasteiger partial charge in [0.25, 0.3) is 0 Å². The van der Waals surface area contributed by atoms with Gasteiger partial charge >= 0.3 is 0 Å². The lowest BCUT2D eigenvalue weighted by atomic mass is 9.77. The summed E-state index contributed by atoms with van der Waals surface area (Å²) < 4.78 is 0. The van der Waals surface area contributed by atoms with Crippen molar-refractivity contribution in [2.45, 2.75) is 60.8 Å². The molecule has 0 amide bonds. The highest BCUT2D eigenvalue weighted by molar-refractivity contribution is 5.84. The normalized spacial score (nSPS) is 13.1. The molecule has 1 heteroatoms. The quantitative estimate of drug-likeness (QED) is 0.649. The Labute approximate surface area is 82.9 Å². The second-order valence-corrected chi connectivity index (χ2v) is 5.76. The summed E-state index contributed by atoms with van der Waals surface area (Å²) in [4.78, 5) is 11.8. The first-order valence-corrected chi connectivity index (χ1v) is 5.22. The molecule has 0 spiro atoms. The molecule has 0 rings (SSSR count). The van der Waals surface area contributed by atoms with E-state index in [0.29, 0.717) is 12.2 Å². The zero-order valence-corrected chi connectivity index (χ0v) is 10.0. The smallest absolute Gasteiger partial charge is 0.138 e. The predicted molar refractivity (Wildman–Crippen MR) is 57.8 cm³/mol. The monoisotopic (exact) mass is 184 g/mol. The summed E-state index contributed by atoms with van der Waals surface area (Å²) in [5.41, 5.74) is 0.00409. The van der Waals surface area contributed by atoms with Gasteiger partial charge in [-0.05, 0) is 11.8 Å². The standard InChI is InChI=1S/C12H24O/c1-7-8-12(5,6)9-10(13)11(2,3)4/h7-9H2,1-6H3. The van der Waals surface area contributed by atoms with E-state index in [0.717, 1.165) is 12.8 Å². The molecule has 0 radical (unpaired) electrons. The van der Waals surface area contributed by atoms with Crippen LogP contribution in [0.2, 0.25) is 0 Å². The van der Waals surface area contributed by atoms with E-state index in [9.17, 15) is 4.79 Å². The van der Waals surface area contributed by atoms with Crippen molar-refractivity contribution < 1.29 is 4.79 Å². The van der Waals surface area contributed by atoms with Crippen molar-refractivity contribution in [3.05, 3.63) is 0 Å². The molecule has 0 aromatic heterocycles. The molecule has 1 nitrogen and oxygen atoms in total. The summed E-state index contributed by atoms with van der Waals surface area (Å²) in [5.74, 6) is 0.381. The highest BCUT2D eigenvalue weighted by atomic mass is 16.1. The SMILES string of the molecule is CCCC(C)(C)CC(=O)C(C)(C)C. The van der Waals surface area contributed by atoms with Crippen molar-refractivity contribution in [1.82, 2.24) is 0 Å². The Morgan fingerprint density at radius 3 is 1.85 bits per heavy atom. The van der Waals surface area contributed by atoms with Crippen LogP contribution < -0.4 is 0 Å². The van der Waals surface area contributed by atoms with Gasteiger partial charge in [-0.25, -0.2) is 0 Å². The fraction of sp³-hybridized carbons (Fsp3) is 0.917. The first-order valence-electron chi connectivity index (χ1n) is 5.22. The molecule has 0 N–H and O–H groups in total. The molecule has 0 aliphatic heterocycles. The van der Waals surface area contributed by atoms with E-state index in [1.807, 2.05) is 20.8 Å². The predicted octanol–water partition coefficient (Wildman–Crippen LogP) is 3.82. The maximum absolute atomic E-state index is 11.8. The molecular formula is C12H24O. The molecule has 0 atom stereocenters. The van der Waals surface area contributed by atoms with Gasteiger partial charge in [0.05, 0.1) is 0 Å². The lowest BCUT2D eigenvalue weighted by Crippen LogP contribution is -2.26. The van der Waals surface area contributed by atoms with Crippen LogP contribution in [0.15, 0.2) is 0 Å². The average Bonchev–Trinajstić information content (AvgIpc) is 1.83. The molecule has 0 aromatic rings. The Morgan fingerprint density at radius 2 is 1.54 bits per heavy atom. The van der Waals surface area contributed by atoms with Crippen molar-refractivity contribution >= 4 is 5.78 Å². The Balaban J connectivity index is 4.20. The maximum atomic E-state index is 11.8. The number of Topliss-reactive ketones (excluding diaryl/α,β-unsaturated/α-hetero) is 1. The average molecular weight is 184 g/mol. The molecule has 0 unspecified atom stereocenters. The summed E-state index contributed by atoms with van der Waals surface area (Å²) in [7, 11) is 0. The minimum atomic E-state index is -0.176. The summed E-state index contributed by atoms with van der Waals surface area (Å²) in [6.45, 7) is 12.5. The highest BCUT2D eigenvalue weighted by Gasteiger charge is 2.28. The van der Waals surface area contributed by atoms with Crippen LogP contribution in [0.4, 0.5) is 0 Å². The van der Waals surface area contributed by atoms with Crippen LogP contribution in [0.3, 0.4) is 0 Å². The largest absolute Gasteiger partial charge is 0.299 e. The summed E-state index contributed by atoms with van der Waals surface area (Å²) in [5, 5.41) is 0. The van der Waals surface area contributed by atoms with E-state index >= 15 is 0 Å². The molecule has 0 fully saturated rings. The molecule has 0 bridgehead atoms. The summed E-state index contributed by atoms with van der Waals surface area (Å²) in [6.07, 6.45) is 3.00. The van der Waals surface area contributed by atoms with Gasteiger partial charge in [0.1, 0.15) is 5.78 Å². The van der Waals surface area contributed by atoms with Crippen molar-refractivity contribution in [2.75, 3.05) is 0 Å². The zero-order valence-electron chi connectivity index (χ0n) is 10.0. The van der Waals surface area contributed by atoms with Crippen LogP contribution in [0, 0.1) is 10.8 Å². The van der Waals surface area contributed by atoms with E-state index < -0.39 is 0 Å². The lowest BCUT2D eigenvalue weighted by Gasteiger charge is -2.27. The fourth-order valence-electron chi connectivity index (χ4n) is 1.46. The van der Waals surface area contributed by atoms with Crippen molar-refractivity contribution in [1.29, 1.82) is 0 Å². The third-order valence-electron chi connectivity index (χ3n) is 2.40. The van der Waals surface area contributed by atoms with Gasteiger partial charge in [-0.2, -0.15) is 0 Å². The second kappa shape index (κ2) is 4.26. The number of hydrogen-bond acceptors (Lipinski definition) is 1. The number of hydrogen-bond donors (Lipinski definition) is 0. The van der Waals surface area contributed by atoms with E-state index in [1.54, 1.807) is 0 Å². The third kappa shape index (κ3) is 5.07. The Hall–Kier alpha value is -0.330. The minimum absolute atomic E-state index is 0.176. The van der Waals surface area contributed by atoms with Crippen molar-refractivity contribution in [3.63, 3.8) is 0 Å². The van der Waals surface area contributed by atoms with Gasteiger partial charge in [-0.3, -0.25) is 4.79 Å². The molecule has 0 aliphatic rings. The summed E-state index contributed by atoms with van der Waals surface area (Å²) >= 11 is 0. The Kier molecular flexibility index (Phi) is 4.15. The van der Waals surface area contributed by atoms with E-state index in [-0.39, 0.29) is 10.8 Å². The lowest BCUT2D eigenvalue weighted by molar-refractivity contribution is -0.128. The van der Waals surface area contributed by atoms with Crippen molar-refractivity contribution in [2.24, 2.45) is 10.8 Å². The number of carbonyl (C=O) groups excluding carboxylic acids is 1. The number of ketones is 1. The van der Waals surface area contributed by atoms with Gasteiger partial charge < -0.3 is 0 Å². The highest BCUT2D eigenvalue weighted by Crippen LogP contribution is 2.31. The van der Waals surface area contributed by atoms with Crippen LogP contribution >= 0.6 is 0 Å². The first-order chi connectivity index (χ1) is 5.69. The van der Waals surface area contributed by atoms with Gasteiger partial charge in [0.2, 0.25) is 0 Å². The Morgan fingerprint density at radius 1 is 1.08 bits per heavy atom. The molecule has 0 heterocycles. The fourth-order valence-corrected chi connectivity index (χ4v) is 1.46. The van der Waals surface area contributed by atoms with Gasteiger partial charge in [0.15, 0.2) is 0 Å². The van der Waals surface area contributed by atoms with Crippen molar-refractivity contribution in [3.8, 4) is 0 Å². The zero-order chi connectivity index (χ0) is 10.7. The van der Waals surface area contributed by atoms with Crippen LogP contribution in [-0.4, -0.2) is 5.78 Å². The molecule has 78 valence electrons. The number of carbonyl (C=O) groups is 1. The number of rotatable bonds is 4. The molecule has 0 saturated carbocycles. The van der Waals surface area contributed by atoms with Gasteiger partial charge in [-0.15, -0.1) is 0 Å². The topological polar surface area (TPSA) is 17.1 Å². The van der Waals surface area contributed by atoms with Crippen LogP contribution in [0.5, 0.6) is 0 Å². The van der Waals surface area contributed by atoms with Crippen LogP contribution in [0.1, 0.15) is 60.8 Å². The first kappa shape index (κ1) is 12.7.